The summed E-state index contributed by atoms with van der Waals surface area (Å²) in [4.78, 5) is 16.2. The molecule has 0 saturated carbocycles. The lowest BCUT2D eigenvalue weighted by Gasteiger charge is -2.10. The molecule has 0 aliphatic carbocycles. The van der Waals surface area contributed by atoms with Gasteiger partial charge in [-0.3, -0.25) is 4.79 Å². The van der Waals surface area contributed by atoms with Crippen LogP contribution in [-0.4, -0.2) is 24.0 Å². The Balaban J connectivity index is 1.75. The Labute approximate surface area is 130 Å². The van der Waals surface area contributed by atoms with E-state index in [1.165, 1.54) is 0 Å². The minimum absolute atomic E-state index is 0.0358. The third-order valence-electron chi connectivity index (χ3n) is 3.53. The van der Waals surface area contributed by atoms with Gasteiger partial charge in [0.1, 0.15) is 5.82 Å². The van der Waals surface area contributed by atoms with Gasteiger partial charge >= 0.3 is 0 Å². The molecule has 0 bridgehead atoms. The lowest BCUT2D eigenvalue weighted by Crippen LogP contribution is -2.26. The molecule has 0 saturated heterocycles. The monoisotopic (exact) mass is 298 g/mol. The number of pyridine rings is 1. The van der Waals surface area contributed by atoms with E-state index in [1.54, 1.807) is 6.20 Å². The van der Waals surface area contributed by atoms with Gasteiger partial charge in [0.15, 0.2) is 0 Å². The number of benzene rings is 1. The van der Waals surface area contributed by atoms with E-state index >= 15 is 0 Å². The van der Waals surface area contributed by atoms with E-state index in [9.17, 15) is 4.79 Å². The van der Waals surface area contributed by atoms with E-state index in [0.717, 1.165) is 23.1 Å². The maximum absolute atomic E-state index is 12.0. The Bertz CT molecular complexity index is 655. The number of carbonyl (C=O) groups is 1. The summed E-state index contributed by atoms with van der Waals surface area (Å²) in [6.07, 6.45) is 2.53. The number of nitrogens with one attached hydrogen (secondary N) is 2. The van der Waals surface area contributed by atoms with Crippen molar-refractivity contribution in [2.75, 3.05) is 24.1 Å². The number of aromatic nitrogens is 1. The van der Waals surface area contributed by atoms with Crippen molar-refractivity contribution in [3.8, 4) is 0 Å². The highest BCUT2D eigenvalue weighted by molar-refractivity contribution is 5.95. The van der Waals surface area contributed by atoms with Crippen molar-refractivity contribution in [3.05, 3.63) is 53.2 Å². The third kappa shape index (κ3) is 3.97. The quantitative estimate of drug-likeness (QED) is 0.716. The standard InChI is InChI=1S/C17H22N4O/c1-12-6-3-4-7-14(12)17(22)21-10-5-9-19-16-15(18)13(2)8-11-20-16/h3-4,6-8,11H,5,9-10,18H2,1-2H3,(H,19,20)(H,21,22). The first-order valence-electron chi connectivity index (χ1n) is 7.38. The Kier molecular flexibility index (Phi) is 5.36. The van der Waals surface area contributed by atoms with Gasteiger partial charge in [-0.2, -0.15) is 0 Å². The fraction of sp³-hybridized carbons (Fsp3) is 0.294. The Morgan fingerprint density at radius 2 is 1.91 bits per heavy atom. The van der Waals surface area contributed by atoms with Gasteiger partial charge in [-0.25, -0.2) is 4.98 Å². The number of nitrogens with two attached hydrogens (primary N) is 1. The fourth-order valence-electron chi connectivity index (χ4n) is 2.13. The van der Waals surface area contributed by atoms with Crippen LogP contribution in [0.4, 0.5) is 11.5 Å². The van der Waals surface area contributed by atoms with Crippen LogP contribution in [0.1, 0.15) is 27.9 Å². The molecule has 1 heterocycles. The van der Waals surface area contributed by atoms with Crippen molar-refractivity contribution in [2.45, 2.75) is 20.3 Å². The molecule has 0 atom stereocenters. The maximum atomic E-state index is 12.0. The van der Waals surface area contributed by atoms with Crippen LogP contribution in [0, 0.1) is 13.8 Å². The van der Waals surface area contributed by atoms with Gasteiger partial charge in [-0.1, -0.05) is 18.2 Å². The van der Waals surface area contributed by atoms with Crippen LogP contribution in [0.5, 0.6) is 0 Å². The highest BCUT2D eigenvalue weighted by atomic mass is 16.1. The van der Waals surface area contributed by atoms with Crippen LogP contribution in [0.15, 0.2) is 36.5 Å². The second kappa shape index (κ2) is 7.45. The van der Waals surface area contributed by atoms with Crippen LogP contribution >= 0.6 is 0 Å². The molecule has 0 aliphatic rings. The van der Waals surface area contributed by atoms with Crippen molar-refractivity contribution >= 4 is 17.4 Å². The smallest absolute Gasteiger partial charge is 0.251 e. The molecule has 1 aromatic carbocycles. The van der Waals surface area contributed by atoms with Gasteiger partial charge in [-0.15, -0.1) is 0 Å². The first-order valence-corrected chi connectivity index (χ1v) is 7.38. The van der Waals surface area contributed by atoms with E-state index in [0.29, 0.717) is 24.6 Å². The molecular formula is C17H22N4O. The molecule has 22 heavy (non-hydrogen) atoms. The first-order chi connectivity index (χ1) is 10.6. The summed E-state index contributed by atoms with van der Waals surface area (Å²) < 4.78 is 0. The van der Waals surface area contributed by atoms with E-state index < -0.39 is 0 Å². The van der Waals surface area contributed by atoms with E-state index in [2.05, 4.69) is 15.6 Å². The third-order valence-corrected chi connectivity index (χ3v) is 3.53. The van der Waals surface area contributed by atoms with Gasteiger partial charge in [-0.05, 0) is 43.5 Å². The van der Waals surface area contributed by atoms with Crippen molar-refractivity contribution in [2.24, 2.45) is 0 Å². The molecule has 0 unspecified atom stereocenters. The summed E-state index contributed by atoms with van der Waals surface area (Å²) in [7, 11) is 0. The predicted octanol–water partition coefficient (Wildman–Crippen LogP) is 2.51. The van der Waals surface area contributed by atoms with E-state index in [4.69, 9.17) is 5.73 Å². The van der Waals surface area contributed by atoms with Crippen LogP contribution in [0.25, 0.3) is 0 Å². The highest BCUT2D eigenvalue weighted by Gasteiger charge is 2.07. The van der Waals surface area contributed by atoms with Crippen LogP contribution in [0.3, 0.4) is 0 Å². The SMILES string of the molecule is Cc1ccccc1C(=O)NCCCNc1nccc(C)c1N. The van der Waals surface area contributed by atoms with Crippen molar-refractivity contribution in [1.29, 1.82) is 0 Å². The number of hydrogen-bond donors (Lipinski definition) is 3. The summed E-state index contributed by atoms with van der Waals surface area (Å²) in [5.41, 5.74) is 9.32. The highest BCUT2D eigenvalue weighted by Crippen LogP contribution is 2.18. The maximum Gasteiger partial charge on any atom is 0.251 e. The average molecular weight is 298 g/mol. The summed E-state index contributed by atoms with van der Waals surface area (Å²) in [6.45, 7) is 5.19. The molecule has 4 N–H and O–H groups in total. The zero-order chi connectivity index (χ0) is 15.9. The average Bonchev–Trinajstić information content (AvgIpc) is 2.51. The molecule has 116 valence electrons. The van der Waals surface area contributed by atoms with Crippen molar-refractivity contribution in [3.63, 3.8) is 0 Å². The summed E-state index contributed by atoms with van der Waals surface area (Å²) in [5, 5.41) is 6.11. The van der Waals surface area contributed by atoms with Gasteiger partial charge in [0.2, 0.25) is 0 Å². The normalized spacial score (nSPS) is 10.3. The summed E-state index contributed by atoms with van der Waals surface area (Å²) >= 11 is 0. The van der Waals surface area contributed by atoms with E-state index in [-0.39, 0.29) is 5.91 Å². The molecular weight excluding hydrogens is 276 g/mol. The molecule has 0 spiro atoms. The lowest BCUT2D eigenvalue weighted by molar-refractivity contribution is 0.0953. The van der Waals surface area contributed by atoms with Crippen LogP contribution in [0.2, 0.25) is 0 Å². The zero-order valence-corrected chi connectivity index (χ0v) is 13.0. The van der Waals surface area contributed by atoms with Crippen LogP contribution in [-0.2, 0) is 0 Å². The first kappa shape index (κ1) is 15.8. The molecule has 1 aromatic heterocycles. The second-order valence-corrected chi connectivity index (χ2v) is 5.24. The molecule has 0 radical (unpaired) electrons. The van der Waals surface area contributed by atoms with Gasteiger partial charge in [0, 0.05) is 24.8 Å². The molecule has 5 heteroatoms. The number of anilines is 2. The number of nitrogens with zero attached hydrogens (tertiary/aromatic N) is 1. The molecule has 5 nitrogen and oxygen atoms in total. The lowest BCUT2D eigenvalue weighted by atomic mass is 10.1. The van der Waals surface area contributed by atoms with Gasteiger partial charge < -0.3 is 16.4 Å². The zero-order valence-electron chi connectivity index (χ0n) is 13.0. The molecule has 2 aromatic rings. The van der Waals surface area contributed by atoms with Gasteiger partial charge in [0.05, 0.1) is 5.69 Å². The number of amides is 1. The summed E-state index contributed by atoms with van der Waals surface area (Å²) in [5.74, 6) is 0.663. The van der Waals surface area contributed by atoms with Crippen molar-refractivity contribution < 1.29 is 4.79 Å². The number of aryl methyl sites for hydroxylation is 2. The molecule has 0 fully saturated rings. The Morgan fingerprint density at radius 3 is 2.68 bits per heavy atom. The minimum atomic E-state index is -0.0358. The summed E-state index contributed by atoms with van der Waals surface area (Å²) in [6, 6.07) is 9.44. The predicted molar refractivity (Wildman–Crippen MR) is 90.0 cm³/mol. The number of hydrogen-bond acceptors (Lipinski definition) is 4. The number of rotatable bonds is 6. The van der Waals surface area contributed by atoms with Crippen LogP contribution < -0.4 is 16.4 Å². The van der Waals surface area contributed by atoms with Crippen molar-refractivity contribution in [1.82, 2.24) is 10.3 Å². The topological polar surface area (TPSA) is 80.0 Å². The minimum Gasteiger partial charge on any atom is -0.396 e. The molecule has 2 rings (SSSR count). The number of carbonyl (C=O) groups excluding carboxylic acids is 1. The molecule has 0 aliphatic heterocycles. The Hall–Kier alpha value is -2.56. The number of nitrogen functional groups attached to an aromatic ring is 1. The Morgan fingerprint density at radius 1 is 1.14 bits per heavy atom. The molecule has 1 amide bonds. The second-order valence-electron chi connectivity index (χ2n) is 5.24. The fourth-order valence-corrected chi connectivity index (χ4v) is 2.13. The van der Waals surface area contributed by atoms with Gasteiger partial charge in [0.25, 0.3) is 5.91 Å². The largest absolute Gasteiger partial charge is 0.396 e. The van der Waals surface area contributed by atoms with E-state index in [1.807, 2.05) is 44.2 Å².